The Kier molecular flexibility index (Phi) is 9.85. The Morgan fingerprint density at radius 2 is 1.86 bits per heavy atom. The number of benzene rings is 2. The van der Waals surface area contributed by atoms with Gasteiger partial charge in [0.25, 0.3) is 15.9 Å². The monoisotopic (exact) mass is 594 g/mol. The second-order valence-electron chi connectivity index (χ2n) is 7.91. The number of carbonyl (C=O) groups excluding carboxylic acids is 1. The number of amides is 1. The summed E-state index contributed by atoms with van der Waals surface area (Å²) in [6.45, 7) is 4.32. The molecule has 3 N–H and O–H groups in total. The molecule has 3 aromatic rings. The maximum Gasteiger partial charge on any atom is 0.263 e. The summed E-state index contributed by atoms with van der Waals surface area (Å²) >= 11 is 8.66. The number of hydrogen-bond acceptors (Lipinski definition) is 7. The van der Waals surface area contributed by atoms with E-state index >= 15 is 0 Å². The minimum Gasteiger partial charge on any atom is -0.493 e. The van der Waals surface area contributed by atoms with Gasteiger partial charge >= 0.3 is 0 Å². The zero-order chi connectivity index (χ0) is 26.1. The van der Waals surface area contributed by atoms with E-state index in [2.05, 4.69) is 43.4 Å². The van der Waals surface area contributed by atoms with E-state index in [9.17, 15) is 13.2 Å². The van der Waals surface area contributed by atoms with E-state index in [-0.39, 0.29) is 15.8 Å². The Labute approximate surface area is 224 Å². The summed E-state index contributed by atoms with van der Waals surface area (Å²) in [4.78, 5) is 12.9. The fourth-order valence-electron chi connectivity index (χ4n) is 3.18. The van der Waals surface area contributed by atoms with Crippen LogP contribution in [0.1, 0.15) is 48.7 Å². The minimum absolute atomic E-state index is 0.0264. The van der Waals surface area contributed by atoms with Gasteiger partial charge in [-0.3, -0.25) is 14.8 Å². The van der Waals surface area contributed by atoms with Gasteiger partial charge < -0.3 is 14.6 Å². The van der Waals surface area contributed by atoms with Gasteiger partial charge in [0.05, 0.1) is 17.1 Å². The van der Waals surface area contributed by atoms with Crippen LogP contribution in [-0.4, -0.2) is 31.2 Å². The van der Waals surface area contributed by atoms with Crippen LogP contribution >= 0.6 is 28.1 Å². The molecule has 3 rings (SSSR count). The predicted molar refractivity (Wildman–Crippen MR) is 146 cm³/mol. The number of hydrogen-bond donors (Lipinski definition) is 3. The van der Waals surface area contributed by atoms with Crippen molar-refractivity contribution in [1.29, 1.82) is 0 Å². The smallest absolute Gasteiger partial charge is 0.263 e. The Morgan fingerprint density at radius 3 is 2.53 bits per heavy atom. The van der Waals surface area contributed by atoms with Crippen LogP contribution in [0.5, 0.6) is 5.75 Å². The molecule has 12 heteroatoms. The summed E-state index contributed by atoms with van der Waals surface area (Å²) < 4.78 is 38.8. The van der Waals surface area contributed by atoms with E-state index in [1.54, 1.807) is 19.1 Å². The molecule has 36 heavy (non-hydrogen) atoms. The van der Waals surface area contributed by atoms with Gasteiger partial charge in [0.2, 0.25) is 0 Å². The number of ether oxygens (including phenoxy) is 1. The van der Waals surface area contributed by atoms with E-state index in [4.69, 9.17) is 21.5 Å². The van der Waals surface area contributed by atoms with Gasteiger partial charge in [-0.1, -0.05) is 47.3 Å². The van der Waals surface area contributed by atoms with Crippen molar-refractivity contribution in [2.75, 3.05) is 16.6 Å². The third-order valence-electron chi connectivity index (χ3n) is 4.96. The van der Waals surface area contributed by atoms with Crippen LogP contribution < -0.4 is 20.1 Å². The number of nitrogens with zero attached hydrogens (tertiary/aromatic N) is 1. The van der Waals surface area contributed by atoms with Gasteiger partial charge in [-0.05, 0) is 68.0 Å². The molecule has 0 atom stereocenters. The van der Waals surface area contributed by atoms with Crippen molar-refractivity contribution in [2.45, 2.75) is 44.4 Å². The molecule has 0 saturated heterocycles. The molecule has 0 unspecified atom stereocenters. The second kappa shape index (κ2) is 12.8. The van der Waals surface area contributed by atoms with Crippen LogP contribution in [-0.2, 0) is 10.0 Å². The lowest BCUT2D eigenvalue weighted by Crippen LogP contribution is -2.34. The Hall–Kier alpha value is -2.96. The van der Waals surface area contributed by atoms with Crippen molar-refractivity contribution in [2.24, 2.45) is 0 Å². The van der Waals surface area contributed by atoms with Crippen LogP contribution in [0.3, 0.4) is 0 Å². The van der Waals surface area contributed by atoms with Gasteiger partial charge in [-0.2, -0.15) is 0 Å². The minimum atomic E-state index is -3.84. The van der Waals surface area contributed by atoms with Gasteiger partial charge in [0.1, 0.15) is 11.5 Å². The lowest BCUT2D eigenvalue weighted by molar-refractivity contribution is 0.0973. The Morgan fingerprint density at radius 1 is 1.11 bits per heavy atom. The van der Waals surface area contributed by atoms with Crippen molar-refractivity contribution in [3.8, 4) is 5.75 Å². The highest BCUT2D eigenvalue weighted by atomic mass is 79.9. The zero-order valence-corrected chi connectivity index (χ0v) is 23.1. The van der Waals surface area contributed by atoms with E-state index in [0.29, 0.717) is 29.4 Å². The van der Waals surface area contributed by atoms with Crippen molar-refractivity contribution < 1.29 is 22.5 Å². The summed E-state index contributed by atoms with van der Waals surface area (Å²) in [7, 11) is -3.84. The zero-order valence-electron chi connectivity index (χ0n) is 19.8. The fraction of sp³-hybridized carbons (Fsp3) is 0.292. The lowest BCUT2D eigenvalue weighted by atomic mass is 10.2. The molecule has 0 aliphatic carbocycles. The number of unbranched alkanes of at least 4 members (excludes halogenated alkanes) is 3. The highest BCUT2D eigenvalue weighted by Gasteiger charge is 2.17. The fourth-order valence-corrected chi connectivity index (χ4v) is 4.73. The molecule has 1 aromatic heterocycles. The number of rotatable bonds is 11. The first kappa shape index (κ1) is 27.6. The molecular weight excluding hydrogens is 568 g/mol. The summed E-state index contributed by atoms with van der Waals surface area (Å²) in [5.74, 6) is 0.620. The molecule has 0 radical (unpaired) electrons. The SMILES string of the molecule is CCCCCCOc1ccc(Br)cc1C(=O)NC(=S)Nc1ccc(S(=O)(=O)Nc2cc(C)on2)cc1. The first-order valence-electron chi connectivity index (χ1n) is 11.3. The molecule has 1 heterocycles. The number of anilines is 2. The number of nitrogens with one attached hydrogen (secondary N) is 3. The van der Waals surface area contributed by atoms with Gasteiger partial charge in [-0.25, -0.2) is 8.42 Å². The number of aryl methyl sites for hydroxylation is 1. The molecule has 0 fully saturated rings. The standard InChI is InChI=1S/C24H27BrN4O5S2/c1-3-4-5-6-13-33-21-12-7-17(25)15-20(21)23(30)27-24(35)26-18-8-10-19(11-9-18)36(31,32)29-22-14-16(2)34-28-22/h7-12,14-15H,3-6,13H2,1-2H3,(H,28,29)(H2,26,27,30,35). The lowest BCUT2D eigenvalue weighted by Gasteiger charge is -2.14. The third-order valence-corrected chi connectivity index (χ3v) is 7.03. The van der Waals surface area contributed by atoms with Crippen molar-refractivity contribution in [3.63, 3.8) is 0 Å². The number of aromatic nitrogens is 1. The van der Waals surface area contributed by atoms with E-state index in [1.165, 1.54) is 30.3 Å². The normalized spacial score (nSPS) is 11.1. The molecular formula is C24H27BrN4O5S2. The molecule has 0 bridgehead atoms. The van der Waals surface area contributed by atoms with Crippen molar-refractivity contribution in [3.05, 3.63) is 64.3 Å². The molecule has 0 aliphatic heterocycles. The van der Waals surface area contributed by atoms with Crippen LogP contribution in [0.4, 0.5) is 11.5 Å². The van der Waals surface area contributed by atoms with E-state index in [1.807, 2.05) is 6.07 Å². The van der Waals surface area contributed by atoms with E-state index in [0.717, 1.165) is 30.2 Å². The third kappa shape index (κ3) is 8.04. The van der Waals surface area contributed by atoms with Gasteiger partial charge in [-0.15, -0.1) is 0 Å². The molecule has 2 aromatic carbocycles. The first-order chi connectivity index (χ1) is 17.2. The highest BCUT2D eigenvalue weighted by Crippen LogP contribution is 2.24. The topological polar surface area (TPSA) is 123 Å². The number of sulfonamides is 1. The summed E-state index contributed by atoms with van der Waals surface area (Å²) in [5, 5.41) is 9.20. The largest absolute Gasteiger partial charge is 0.493 e. The average molecular weight is 596 g/mol. The first-order valence-corrected chi connectivity index (χ1v) is 14.0. The number of halogens is 1. The molecule has 9 nitrogen and oxygen atoms in total. The Bertz CT molecular complexity index is 1310. The van der Waals surface area contributed by atoms with Crippen LogP contribution in [0.25, 0.3) is 0 Å². The molecule has 192 valence electrons. The van der Waals surface area contributed by atoms with E-state index < -0.39 is 15.9 Å². The molecule has 0 saturated carbocycles. The highest BCUT2D eigenvalue weighted by molar-refractivity contribution is 9.10. The van der Waals surface area contributed by atoms with Crippen LogP contribution in [0.15, 0.2) is 62.4 Å². The maximum atomic E-state index is 12.9. The average Bonchev–Trinajstić information content (AvgIpc) is 3.23. The summed E-state index contributed by atoms with van der Waals surface area (Å²) in [5.41, 5.74) is 0.845. The number of thiocarbonyl (C=S) groups is 1. The maximum absolute atomic E-state index is 12.9. The number of carbonyl (C=O) groups is 1. The van der Waals surface area contributed by atoms with Crippen molar-refractivity contribution in [1.82, 2.24) is 10.5 Å². The van der Waals surface area contributed by atoms with Crippen LogP contribution in [0, 0.1) is 6.92 Å². The second-order valence-corrected chi connectivity index (χ2v) is 10.9. The van der Waals surface area contributed by atoms with Gasteiger partial charge in [0, 0.05) is 16.2 Å². The van der Waals surface area contributed by atoms with Crippen molar-refractivity contribution >= 4 is 60.7 Å². The predicted octanol–water partition coefficient (Wildman–Crippen LogP) is 5.63. The van der Waals surface area contributed by atoms with Crippen LogP contribution in [0.2, 0.25) is 0 Å². The summed E-state index contributed by atoms with van der Waals surface area (Å²) in [6.07, 6.45) is 4.25. The molecule has 0 spiro atoms. The van der Waals surface area contributed by atoms with Gasteiger partial charge in [0.15, 0.2) is 10.9 Å². The molecule has 0 aliphatic rings. The summed E-state index contributed by atoms with van der Waals surface area (Å²) in [6, 6.07) is 12.6. The quantitative estimate of drug-likeness (QED) is 0.193. The molecule has 1 amide bonds. The Balaban J connectivity index is 1.59.